The van der Waals surface area contributed by atoms with Crippen molar-refractivity contribution in [3.8, 4) is 11.5 Å². The highest BCUT2D eigenvalue weighted by atomic mass is 19.4. The number of nitrogens with one attached hydrogen (secondary N) is 1. The summed E-state index contributed by atoms with van der Waals surface area (Å²) in [6.07, 6.45) is 0.168. The van der Waals surface area contributed by atoms with E-state index < -0.39 is 24.7 Å². The summed E-state index contributed by atoms with van der Waals surface area (Å²) >= 11 is 0. The van der Waals surface area contributed by atoms with Crippen LogP contribution in [0.1, 0.15) is 28.8 Å². The lowest BCUT2D eigenvalue weighted by molar-refractivity contribution is -0.192. The number of hydrogen-bond donors (Lipinski definition) is 3. The van der Waals surface area contributed by atoms with Crippen molar-refractivity contribution in [3.63, 3.8) is 0 Å². The number of ketones is 1. The molecule has 0 unspecified atom stereocenters. The molecule has 0 radical (unpaired) electrons. The third-order valence-electron chi connectivity index (χ3n) is 6.51. The third-order valence-corrected chi connectivity index (χ3v) is 6.51. The molecular weight excluding hydrogens is 565 g/mol. The number of carboxylic acids is 2. The minimum atomic E-state index is -5.08. The Balaban J connectivity index is 0.000000616. The zero-order valence-electron chi connectivity index (χ0n) is 22.5. The largest absolute Gasteiger partial charge is 0.490 e. The molecule has 1 aromatic carbocycles. The Labute approximate surface area is 239 Å². The summed E-state index contributed by atoms with van der Waals surface area (Å²) in [5.74, 6) is -3.24. The monoisotopic (exact) mass is 596 g/mol. The van der Waals surface area contributed by atoms with Gasteiger partial charge >= 0.3 is 18.1 Å². The molecule has 0 saturated carbocycles. The van der Waals surface area contributed by atoms with Gasteiger partial charge in [-0.1, -0.05) is 0 Å². The number of nitrogens with zero attached hydrogens (tertiary/aromatic N) is 3. The summed E-state index contributed by atoms with van der Waals surface area (Å²) in [4.78, 5) is 53.5. The third kappa shape index (κ3) is 9.99. The summed E-state index contributed by atoms with van der Waals surface area (Å²) in [6, 6.07) is 8.68. The molecule has 1 amide bonds. The molecule has 2 aromatic rings. The summed E-state index contributed by atoms with van der Waals surface area (Å²) < 4.78 is 42.8. The standard InChI is InChI=1S/C25H30N4O6.C2HF3O2/c30-22(14-29-11-10-28(15-24(29)31)20-5-8-26-9-6-20)18-3-4-23(35-17-25(32)33)19(12-18)16-34-21-2-1-7-27-13-21;3-2(4,5)1(6)7/h1-4,7,12-13,20,26H,5-6,8-11,14-17H2,(H,32,33);(H,6,7). The maximum Gasteiger partial charge on any atom is 0.490 e. The minimum Gasteiger partial charge on any atom is -0.487 e. The Hall–Kier alpha value is -4.24. The lowest BCUT2D eigenvalue weighted by Gasteiger charge is -2.40. The van der Waals surface area contributed by atoms with Gasteiger partial charge in [0.25, 0.3) is 0 Å². The Kier molecular flexibility index (Phi) is 11.6. The molecule has 0 atom stereocenters. The number of rotatable bonds is 10. The van der Waals surface area contributed by atoms with Gasteiger partial charge in [-0.05, 0) is 56.3 Å². The van der Waals surface area contributed by atoms with E-state index in [1.807, 2.05) is 0 Å². The van der Waals surface area contributed by atoms with E-state index in [-0.39, 0.29) is 24.8 Å². The van der Waals surface area contributed by atoms with Crippen molar-refractivity contribution < 1.29 is 52.0 Å². The molecule has 2 aliphatic heterocycles. The van der Waals surface area contributed by atoms with Crippen molar-refractivity contribution in [2.24, 2.45) is 0 Å². The Bertz CT molecular complexity index is 1240. The molecule has 3 N–H and O–H groups in total. The maximum atomic E-state index is 13.0. The summed E-state index contributed by atoms with van der Waals surface area (Å²) in [5.41, 5.74) is 0.939. The first kappa shape index (κ1) is 32.3. The number of carboxylic acid groups (broad SMARTS) is 2. The fraction of sp³-hybridized carbons (Fsp3) is 0.444. The van der Waals surface area contributed by atoms with E-state index in [1.54, 1.807) is 47.6 Å². The van der Waals surface area contributed by atoms with Gasteiger partial charge in [0.2, 0.25) is 5.91 Å². The minimum absolute atomic E-state index is 0.00285. The normalized spacial score (nSPS) is 16.3. The second-order valence-corrected chi connectivity index (χ2v) is 9.48. The van der Waals surface area contributed by atoms with Crippen molar-refractivity contribution >= 4 is 23.6 Å². The topological polar surface area (TPSA) is 159 Å². The van der Waals surface area contributed by atoms with Crippen molar-refractivity contribution in [1.29, 1.82) is 0 Å². The highest BCUT2D eigenvalue weighted by Gasteiger charge is 2.38. The van der Waals surface area contributed by atoms with Crippen LogP contribution in [-0.2, 0) is 21.0 Å². The zero-order chi connectivity index (χ0) is 30.7. The van der Waals surface area contributed by atoms with E-state index >= 15 is 0 Å². The molecule has 228 valence electrons. The molecule has 0 aliphatic carbocycles. The SMILES string of the molecule is O=C(O)C(F)(F)F.O=C(O)COc1ccc(C(=O)CN2CCN(C3CCNCC3)CC2=O)cc1COc1cccnc1. The molecule has 3 heterocycles. The van der Waals surface area contributed by atoms with Crippen molar-refractivity contribution in [2.75, 3.05) is 45.9 Å². The molecule has 1 aromatic heterocycles. The summed E-state index contributed by atoms with van der Waals surface area (Å²) in [6.45, 7) is 3.11. The maximum absolute atomic E-state index is 13.0. The van der Waals surface area contributed by atoms with Gasteiger partial charge in [-0.25, -0.2) is 9.59 Å². The summed E-state index contributed by atoms with van der Waals surface area (Å²) in [7, 11) is 0. The summed E-state index contributed by atoms with van der Waals surface area (Å²) in [5, 5.41) is 19.4. The van der Waals surface area contributed by atoms with Gasteiger partial charge in [0.15, 0.2) is 12.4 Å². The average molecular weight is 597 g/mol. The molecule has 0 bridgehead atoms. The predicted octanol–water partition coefficient (Wildman–Crippen LogP) is 1.84. The Morgan fingerprint density at radius 3 is 2.38 bits per heavy atom. The molecule has 2 saturated heterocycles. The lowest BCUT2D eigenvalue weighted by Crippen LogP contribution is -2.56. The number of amides is 1. The number of aromatic nitrogens is 1. The molecule has 12 nitrogen and oxygen atoms in total. The van der Waals surface area contributed by atoms with Crippen molar-refractivity contribution in [2.45, 2.75) is 31.7 Å². The fourth-order valence-corrected chi connectivity index (χ4v) is 4.38. The lowest BCUT2D eigenvalue weighted by atomic mass is 10.0. The first-order valence-corrected chi connectivity index (χ1v) is 13.0. The van der Waals surface area contributed by atoms with Crippen LogP contribution in [0.3, 0.4) is 0 Å². The van der Waals surface area contributed by atoms with Gasteiger partial charge in [-0.2, -0.15) is 13.2 Å². The predicted molar refractivity (Wildman–Crippen MR) is 140 cm³/mol. The average Bonchev–Trinajstić information content (AvgIpc) is 2.97. The molecule has 2 fully saturated rings. The Morgan fingerprint density at radius 1 is 1.07 bits per heavy atom. The molecular formula is C27H31F3N4O8. The molecule has 4 rings (SSSR count). The highest BCUT2D eigenvalue weighted by molar-refractivity contribution is 6.00. The van der Waals surface area contributed by atoms with Crippen molar-refractivity contribution in [1.82, 2.24) is 20.1 Å². The highest BCUT2D eigenvalue weighted by Crippen LogP contribution is 2.24. The van der Waals surface area contributed by atoms with Crippen LogP contribution in [0, 0.1) is 0 Å². The molecule has 42 heavy (non-hydrogen) atoms. The van der Waals surface area contributed by atoms with E-state index in [2.05, 4.69) is 15.2 Å². The first-order valence-electron chi connectivity index (χ1n) is 13.0. The van der Waals surface area contributed by atoms with E-state index in [4.69, 9.17) is 24.5 Å². The first-order chi connectivity index (χ1) is 19.9. The number of piperazine rings is 1. The van der Waals surface area contributed by atoms with E-state index in [0.29, 0.717) is 41.8 Å². The van der Waals surface area contributed by atoms with Crippen LogP contribution in [0.2, 0.25) is 0 Å². The van der Waals surface area contributed by atoms with E-state index in [1.165, 1.54) is 0 Å². The Morgan fingerprint density at radius 2 is 1.79 bits per heavy atom. The molecule has 15 heteroatoms. The number of carbonyl (C=O) groups excluding carboxylic acids is 2. The van der Waals surface area contributed by atoms with E-state index in [0.717, 1.165) is 32.5 Å². The second-order valence-electron chi connectivity index (χ2n) is 9.48. The van der Waals surface area contributed by atoms with Crippen LogP contribution in [0.25, 0.3) is 0 Å². The van der Waals surface area contributed by atoms with Crippen molar-refractivity contribution in [3.05, 3.63) is 53.9 Å². The number of alkyl halides is 3. The number of halogens is 3. The fourth-order valence-electron chi connectivity index (χ4n) is 4.38. The van der Waals surface area contributed by atoms with Crippen LogP contribution >= 0.6 is 0 Å². The number of hydrogen-bond acceptors (Lipinski definition) is 9. The molecule has 0 spiro atoms. The number of piperidine rings is 1. The van der Waals surface area contributed by atoms with Crippen LogP contribution in [0.4, 0.5) is 13.2 Å². The van der Waals surface area contributed by atoms with Gasteiger partial charge in [-0.3, -0.25) is 19.5 Å². The number of carbonyl (C=O) groups is 4. The van der Waals surface area contributed by atoms with Crippen LogP contribution in [0.5, 0.6) is 11.5 Å². The van der Waals surface area contributed by atoms with Gasteiger partial charge in [0, 0.05) is 36.5 Å². The zero-order valence-corrected chi connectivity index (χ0v) is 22.5. The van der Waals surface area contributed by atoms with Crippen LogP contribution in [0.15, 0.2) is 42.7 Å². The van der Waals surface area contributed by atoms with Gasteiger partial charge in [-0.15, -0.1) is 0 Å². The number of ether oxygens (including phenoxy) is 2. The number of pyridine rings is 1. The number of aliphatic carboxylic acids is 2. The van der Waals surface area contributed by atoms with E-state index in [9.17, 15) is 27.6 Å². The smallest absolute Gasteiger partial charge is 0.487 e. The number of Topliss-reactive ketones (excluding diaryl/α,β-unsaturated/α-hetero) is 1. The molecule has 2 aliphatic rings. The second kappa shape index (κ2) is 15.1. The number of benzene rings is 1. The van der Waals surface area contributed by atoms with Crippen LogP contribution < -0.4 is 14.8 Å². The van der Waals surface area contributed by atoms with Gasteiger partial charge < -0.3 is 29.9 Å². The quantitative estimate of drug-likeness (QED) is 0.344. The van der Waals surface area contributed by atoms with Gasteiger partial charge in [0.1, 0.15) is 18.1 Å². The van der Waals surface area contributed by atoms with Gasteiger partial charge in [0.05, 0.1) is 19.3 Å². The van der Waals surface area contributed by atoms with Crippen LogP contribution in [-0.4, -0.2) is 107 Å².